The highest BCUT2D eigenvalue weighted by atomic mass is 35.5. The van der Waals surface area contributed by atoms with Gasteiger partial charge in [0.05, 0.1) is 11.6 Å². The van der Waals surface area contributed by atoms with Gasteiger partial charge in [-0.05, 0) is 30.2 Å². The molecule has 0 aromatic heterocycles. The van der Waals surface area contributed by atoms with Crippen LogP contribution in [0.5, 0.6) is 5.75 Å². The second-order valence-corrected chi connectivity index (χ2v) is 3.06. The maximum atomic E-state index is 8.21. The molecule has 1 aromatic carbocycles. The standard InChI is InChI=1S/C9H10ClN3O/c1-2-5-14-9-4-3-7(12-13-11)6-8(9)10/h3-4,6H,2,5H2,1H3. The molecule has 5 heteroatoms. The molecule has 0 unspecified atom stereocenters. The van der Waals surface area contributed by atoms with Gasteiger partial charge in [-0.15, -0.1) is 0 Å². The summed E-state index contributed by atoms with van der Waals surface area (Å²) in [5, 5.41) is 3.89. The zero-order valence-electron chi connectivity index (χ0n) is 7.77. The molecule has 0 N–H and O–H groups in total. The number of azide groups is 1. The number of ether oxygens (including phenoxy) is 1. The predicted molar refractivity (Wildman–Crippen MR) is 56.0 cm³/mol. The smallest absolute Gasteiger partial charge is 0.137 e. The molecule has 0 atom stereocenters. The molecular formula is C9H10ClN3O. The summed E-state index contributed by atoms with van der Waals surface area (Å²) < 4.78 is 5.35. The number of hydrogen-bond donors (Lipinski definition) is 0. The topological polar surface area (TPSA) is 58.0 Å². The number of nitrogens with zero attached hydrogens (tertiary/aromatic N) is 3. The highest BCUT2D eigenvalue weighted by molar-refractivity contribution is 6.32. The SMILES string of the molecule is CCCOc1ccc(N=[N+]=[N-])cc1Cl. The summed E-state index contributed by atoms with van der Waals surface area (Å²) in [6.45, 7) is 2.64. The number of halogens is 1. The van der Waals surface area contributed by atoms with Gasteiger partial charge in [-0.25, -0.2) is 0 Å². The van der Waals surface area contributed by atoms with Gasteiger partial charge < -0.3 is 4.74 Å². The summed E-state index contributed by atoms with van der Waals surface area (Å²) in [6.07, 6.45) is 0.925. The second kappa shape index (κ2) is 5.37. The van der Waals surface area contributed by atoms with E-state index in [1.54, 1.807) is 18.2 Å². The summed E-state index contributed by atoms with van der Waals surface area (Å²) in [5.74, 6) is 0.616. The quantitative estimate of drug-likeness (QED) is 0.421. The van der Waals surface area contributed by atoms with Gasteiger partial charge in [0, 0.05) is 10.6 Å². The Bertz CT molecular complexity index is 361. The summed E-state index contributed by atoms with van der Waals surface area (Å²) in [7, 11) is 0. The average molecular weight is 212 g/mol. The van der Waals surface area contributed by atoms with Gasteiger partial charge >= 0.3 is 0 Å². The van der Waals surface area contributed by atoms with Crippen LogP contribution in [0.1, 0.15) is 13.3 Å². The predicted octanol–water partition coefficient (Wildman–Crippen LogP) is 4.07. The minimum absolute atomic E-state index is 0.461. The largest absolute Gasteiger partial charge is 0.492 e. The van der Waals surface area contributed by atoms with Crippen molar-refractivity contribution in [3.8, 4) is 5.75 Å². The van der Waals surface area contributed by atoms with Gasteiger partial charge in [0.25, 0.3) is 0 Å². The lowest BCUT2D eigenvalue weighted by Gasteiger charge is -2.06. The van der Waals surface area contributed by atoms with E-state index in [-0.39, 0.29) is 0 Å². The third kappa shape index (κ3) is 2.83. The first-order valence-electron chi connectivity index (χ1n) is 4.25. The van der Waals surface area contributed by atoms with Crippen LogP contribution in [0, 0.1) is 0 Å². The zero-order chi connectivity index (χ0) is 10.4. The fourth-order valence-corrected chi connectivity index (χ4v) is 1.16. The van der Waals surface area contributed by atoms with Crippen molar-refractivity contribution in [2.75, 3.05) is 6.61 Å². The highest BCUT2D eigenvalue weighted by Gasteiger charge is 2.01. The molecule has 0 saturated heterocycles. The first-order valence-corrected chi connectivity index (χ1v) is 4.63. The molecule has 74 valence electrons. The number of benzene rings is 1. The monoisotopic (exact) mass is 211 g/mol. The molecule has 1 aromatic rings. The lowest BCUT2D eigenvalue weighted by molar-refractivity contribution is 0.317. The molecule has 0 bridgehead atoms. The van der Waals surface area contributed by atoms with Crippen LogP contribution in [0.25, 0.3) is 10.4 Å². The Kier molecular flexibility index (Phi) is 4.11. The van der Waals surface area contributed by atoms with E-state index in [9.17, 15) is 0 Å². The van der Waals surface area contributed by atoms with Crippen molar-refractivity contribution >= 4 is 17.3 Å². The van der Waals surface area contributed by atoms with Crippen LogP contribution < -0.4 is 4.74 Å². The molecule has 14 heavy (non-hydrogen) atoms. The van der Waals surface area contributed by atoms with Gasteiger partial charge in [0.2, 0.25) is 0 Å². The molecule has 0 amide bonds. The van der Waals surface area contributed by atoms with Gasteiger partial charge in [-0.1, -0.05) is 23.6 Å². The summed E-state index contributed by atoms with van der Waals surface area (Å²) >= 11 is 5.89. The van der Waals surface area contributed by atoms with Crippen LogP contribution in [0.2, 0.25) is 5.02 Å². The van der Waals surface area contributed by atoms with Crippen molar-refractivity contribution in [1.29, 1.82) is 0 Å². The Hall–Kier alpha value is -1.38. The van der Waals surface area contributed by atoms with Crippen molar-refractivity contribution < 1.29 is 4.74 Å². The van der Waals surface area contributed by atoms with Crippen LogP contribution >= 0.6 is 11.6 Å². The lowest BCUT2D eigenvalue weighted by atomic mass is 10.3. The molecule has 0 heterocycles. The second-order valence-electron chi connectivity index (χ2n) is 2.65. The first kappa shape index (κ1) is 10.7. The first-order chi connectivity index (χ1) is 6.77. The maximum Gasteiger partial charge on any atom is 0.137 e. The third-order valence-electron chi connectivity index (χ3n) is 1.54. The Balaban J connectivity index is 2.84. The van der Waals surface area contributed by atoms with Gasteiger partial charge in [-0.2, -0.15) is 0 Å². The van der Waals surface area contributed by atoms with E-state index in [1.165, 1.54) is 0 Å². The van der Waals surface area contributed by atoms with Crippen LogP contribution in [-0.4, -0.2) is 6.61 Å². The molecule has 1 rings (SSSR count). The summed E-state index contributed by atoms with van der Waals surface area (Å²) in [5.41, 5.74) is 8.69. The van der Waals surface area contributed by atoms with Gasteiger partial charge in [0.1, 0.15) is 5.75 Å². The van der Waals surface area contributed by atoms with E-state index in [0.717, 1.165) is 6.42 Å². The van der Waals surface area contributed by atoms with Crippen molar-refractivity contribution in [2.45, 2.75) is 13.3 Å². The molecule has 0 radical (unpaired) electrons. The Morgan fingerprint density at radius 2 is 2.36 bits per heavy atom. The van der Waals surface area contributed by atoms with Crippen LogP contribution in [-0.2, 0) is 0 Å². The van der Waals surface area contributed by atoms with Crippen LogP contribution in [0.4, 0.5) is 5.69 Å². The molecule has 4 nitrogen and oxygen atoms in total. The van der Waals surface area contributed by atoms with E-state index < -0.39 is 0 Å². The summed E-state index contributed by atoms with van der Waals surface area (Å²) in [6, 6.07) is 4.94. The number of rotatable bonds is 4. The Labute approximate surface area is 87.1 Å². The molecule has 0 aliphatic rings. The molecular weight excluding hydrogens is 202 g/mol. The normalized spacial score (nSPS) is 9.29. The van der Waals surface area contributed by atoms with E-state index in [4.69, 9.17) is 21.9 Å². The fraction of sp³-hybridized carbons (Fsp3) is 0.333. The third-order valence-corrected chi connectivity index (χ3v) is 1.83. The lowest BCUT2D eigenvalue weighted by Crippen LogP contribution is -1.94. The minimum Gasteiger partial charge on any atom is -0.492 e. The zero-order valence-corrected chi connectivity index (χ0v) is 8.53. The fourth-order valence-electron chi connectivity index (χ4n) is 0.933. The van der Waals surface area contributed by atoms with E-state index in [1.807, 2.05) is 6.92 Å². The minimum atomic E-state index is 0.461. The van der Waals surface area contributed by atoms with E-state index >= 15 is 0 Å². The van der Waals surface area contributed by atoms with Crippen LogP contribution in [0.3, 0.4) is 0 Å². The van der Waals surface area contributed by atoms with Crippen molar-refractivity contribution in [3.05, 3.63) is 33.7 Å². The molecule has 0 aliphatic carbocycles. The van der Waals surface area contributed by atoms with Gasteiger partial charge in [0.15, 0.2) is 0 Å². The highest BCUT2D eigenvalue weighted by Crippen LogP contribution is 2.29. The van der Waals surface area contributed by atoms with Crippen molar-refractivity contribution in [1.82, 2.24) is 0 Å². The summed E-state index contributed by atoms with van der Waals surface area (Å²) in [4.78, 5) is 2.66. The Morgan fingerprint density at radius 1 is 1.57 bits per heavy atom. The molecule has 0 aliphatic heterocycles. The molecule has 0 saturated carbocycles. The average Bonchev–Trinajstić information content (AvgIpc) is 2.17. The van der Waals surface area contributed by atoms with Crippen LogP contribution in [0.15, 0.2) is 23.3 Å². The molecule has 0 spiro atoms. The number of hydrogen-bond acceptors (Lipinski definition) is 2. The van der Waals surface area contributed by atoms with Gasteiger partial charge in [-0.3, -0.25) is 0 Å². The molecule has 0 fully saturated rings. The van der Waals surface area contributed by atoms with E-state index in [2.05, 4.69) is 10.0 Å². The van der Waals surface area contributed by atoms with Crippen molar-refractivity contribution in [2.24, 2.45) is 5.11 Å². The maximum absolute atomic E-state index is 8.21. The van der Waals surface area contributed by atoms with Crippen molar-refractivity contribution in [3.63, 3.8) is 0 Å². The van der Waals surface area contributed by atoms with E-state index in [0.29, 0.717) is 23.1 Å². The Morgan fingerprint density at radius 3 is 2.93 bits per heavy atom.